The smallest absolute Gasteiger partial charge is 0.308 e. The number of ether oxygens (including phenoxy) is 2. The molecular formula is C34H51N3O10. The topological polar surface area (TPSA) is 195 Å². The number of aliphatic hydroxyl groups excluding tert-OH is 3. The van der Waals surface area contributed by atoms with Crippen molar-refractivity contribution in [1.29, 1.82) is 0 Å². The monoisotopic (exact) mass is 661 g/mol. The molecule has 0 aliphatic carbocycles. The van der Waals surface area contributed by atoms with E-state index in [9.17, 15) is 34.5 Å². The molecule has 0 heterocycles. The minimum absolute atomic E-state index is 0.0935. The van der Waals surface area contributed by atoms with Crippen LogP contribution >= 0.6 is 0 Å². The fourth-order valence-electron chi connectivity index (χ4n) is 4.37. The van der Waals surface area contributed by atoms with Gasteiger partial charge in [-0.2, -0.15) is 0 Å². The van der Waals surface area contributed by atoms with Crippen molar-refractivity contribution in [2.75, 3.05) is 32.1 Å². The summed E-state index contributed by atoms with van der Waals surface area (Å²) in [7, 11) is 1.21. The molecule has 0 aliphatic heterocycles. The van der Waals surface area contributed by atoms with Crippen LogP contribution in [0, 0.1) is 5.92 Å². The Kier molecular flexibility index (Phi) is 19.6. The first-order chi connectivity index (χ1) is 22.4. The third-order valence-corrected chi connectivity index (χ3v) is 7.23. The number of carboxylic acid groups (broad SMARTS) is 1. The van der Waals surface area contributed by atoms with Gasteiger partial charge in [0, 0.05) is 51.3 Å². The summed E-state index contributed by atoms with van der Waals surface area (Å²) >= 11 is 0. The molecule has 0 spiro atoms. The van der Waals surface area contributed by atoms with Crippen LogP contribution in [-0.2, 0) is 19.1 Å². The largest absolute Gasteiger partial charge is 0.481 e. The van der Waals surface area contributed by atoms with Crippen LogP contribution in [0.25, 0.3) is 0 Å². The predicted molar refractivity (Wildman–Crippen MR) is 177 cm³/mol. The van der Waals surface area contributed by atoms with Crippen molar-refractivity contribution in [1.82, 2.24) is 10.2 Å². The van der Waals surface area contributed by atoms with Crippen molar-refractivity contribution >= 4 is 29.4 Å². The molecule has 2 aromatic rings. The Balaban J connectivity index is 0.00000541. The van der Waals surface area contributed by atoms with E-state index in [1.54, 1.807) is 29.2 Å². The van der Waals surface area contributed by atoms with Gasteiger partial charge >= 0.3 is 5.97 Å². The van der Waals surface area contributed by atoms with Crippen LogP contribution in [0.15, 0.2) is 54.6 Å². The van der Waals surface area contributed by atoms with E-state index in [0.717, 1.165) is 25.7 Å². The fraction of sp³-hybridized carbons (Fsp3) is 0.529. The molecule has 0 aliphatic rings. The molecule has 0 radical (unpaired) electrons. The number of unbranched alkanes of at least 4 members (excludes halogenated alkanes) is 3. The number of nitrogens with one attached hydrogen (secondary N) is 2. The van der Waals surface area contributed by atoms with Crippen molar-refractivity contribution in [3.05, 3.63) is 60.2 Å². The van der Waals surface area contributed by atoms with Gasteiger partial charge in [0.25, 0.3) is 5.91 Å². The zero-order chi connectivity index (χ0) is 35.4. The van der Waals surface area contributed by atoms with Gasteiger partial charge in [-0.05, 0) is 56.2 Å². The first-order valence-corrected chi connectivity index (χ1v) is 15.9. The highest BCUT2D eigenvalue weighted by atomic mass is 16.7. The highest BCUT2D eigenvalue weighted by molar-refractivity contribution is 5.94. The number of anilines is 1. The maximum Gasteiger partial charge on any atom is 0.308 e. The van der Waals surface area contributed by atoms with Crippen LogP contribution in [0.4, 0.5) is 5.69 Å². The Morgan fingerprint density at radius 3 is 2.02 bits per heavy atom. The van der Waals surface area contributed by atoms with Crippen molar-refractivity contribution < 1.29 is 49.1 Å². The van der Waals surface area contributed by atoms with E-state index in [-0.39, 0.29) is 36.4 Å². The number of nitrogens with zero attached hydrogens (tertiary/aromatic N) is 1. The van der Waals surface area contributed by atoms with Crippen molar-refractivity contribution in [2.45, 2.75) is 84.4 Å². The van der Waals surface area contributed by atoms with Gasteiger partial charge in [0.1, 0.15) is 18.0 Å². The minimum Gasteiger partial charge on any atom is -0.481 e. The summed E-state index contributed by atoms with van der Waals surface area (Å²) in [6, 6.07) is 15.1. The first-order valence-electron chi connectivity index (χ1n) is 15.9. The Morgan fingerprint density at radius 1 is 0.830 bits per heavy atom. The number of aliphatic hydroxyl groups is 3. The molecule has 2 aromatic carbocycles. The van der Waals surface area contributed by atoms with Crippen molar-refractivity contribution in [3.8, 4) is 5.75 Å². The van der Waals surface area contributed by atoms with E-state index in [0.29, 0.717) is 24.3 Å². The van der Waals surface area contributed by atoms with Crippen LogP contribution in [0.1, 0.15) is 70.2 Å². The molecule has 0 fully saturated rings. The molecule has 2 rings (SSSR count). The third-order valence-electron chi connectivity index (χ3n) is 7.23. The number of amides is 3. The third kappa shape index (κ3) is 14.9. The van der Waals surface area contributed by atoms with Gasteiger partial charge in [0.05, 0.1) is 12.0 Å². The maximum absolute atomic E-state index is 12.5. The Morgan fingerprint density at radius 2 is 1.45 bits per heavy atom. The average Bonchev–Trinajstić information content (AvgIpc) is 3.08. The Labute approximate surface area is 276 Å². The molecule has 5 atom stereocenters. The van der Waals surface area contributed by atoms with Crippen LogP contribution in [-0.4, -0.2) is 100 Å². The molecule has 0 saturated carbocycles. The number of aliphatic carboxylic acids is 1. The lowest BCUT2D eigenvalue weighted by atomic mass is 9.96. The van der Waals surface area contributed by atoms with Gasteiger partial charge in [-0.15, -0.1) is 0 Å². The number of carbonyl (C=O) groups is 4. The molecule has 5 unspecified atom stereocenters. The number of benzene rings is 2. The second-order valence-electron chi connectivity index (χ2n) is 10.7. The molecule has 13 heteroatoms. The molecule has 6 N–H and O–H groups in total. The molecule has 0 aromatic heterocycles. The summed E-state index contributed by atoms with van der Waals surface area (Å²) in [6.07, 6.45) is -3.32. The number of hydrogen-bond acceptors (Lipinski definition) is 9. The average molecular weight is 662 g/mol. The first kappa shape index (κ1) is 41.0. The van der Waals surface area contributed by atoms with Gasteiger partial charge in [-0.25, -0.2) is 0 Å². The van der Waals surface area contributed by atoms with Gasteiger partial charge in [-0.3, -0.25) is 19.2 Å². The molecule has 262 valence electrons. The summed E-state index contributed by atoms with van der Waals surface area (Å²) < 4.78 is 10.6. The number of methoxy groups -OCH3 is 1. The van der Waals surface area contributed by atoms with Gasteiger partial charge in [-0.1, -0.05) is 44.9 Å². The second-order valence-corrected chi connectivity index (χ2v) is 10.7. The number of hydrogen-bond donors (Lipinski definition) is 6. The lowest BCUT2D eigenvalue weighted by molar-refractivity contribution is -0.187. The fourth-order valence-corrected chi connectivity index (χ4v) is 4.37. The Bertz CT molecular complexity index is 1210. The molecule has 0 saturated heterocycles. The SMILES string of the molecule is CC.COC(Oc1ccc(NC(=O)CCN(CCCCCCNC(=O)c2ccccc2)C(C)=O)cc1)C(O)C(O)C(O)C(C)C(=O)O. The van der Waals surface area contributed by atoms with E-state index >= 15 is 0 Å². The summed E-state index contributed by atoms with van der Waals surface area (Å²) in [5.41, 5.74) is 1.09. The molecule has 0 bridgehead atoms. The van der Waals surface area contributed by atoms with Crippen LogP contribution in [0.5, 0.6) is 5.75 Å². The molecular weight excluding hydrogens is 610 g/mol. The standard InChI is InChI=1S/C32H45N3O10.C2H6/c1-21(31(42)43)27(38)28(39)29(40)32(44-3)45-25-15-13-24(14-16-25)34-26(37)17-20-35(22(2)36)19-10-5-4-9-18-33-30(41)23-11-7-6-8-12-23;1-2/h6-8,11-16,21,27-29,32,38-40H,4-5,9-10,17-20H2,1-3H3,(H,33,41)(H,34,37)(H,42,43);1-2H3. The number of rotatable bonds is 20. The zero-order valence-corrected chi connectivity index (χ0v) is 27.9. The minimum atomic E-state index is -1.85. The van der Waals surface area contributed by atoms with Crippen molar-refractivity contribution in [3.63, 3.8) is 0 Å². The van der Waals surface area contributed by atoms with Gasteiger partial charge in [0.15, 0.2) is 0 Å². The highest BCUT2D eigenvalue weighted by Crippen LogP contribution is 2.21. The summed E-state index contributed by atoms with van der Waals surface area (Å²) in [5, 5.41) is 45.2. The molecule has 13 nitrogen and oxygen atoms in total. The van der Waals surface area contributed by atoms with E-state index in [1.165, 1.54) is 33.1 Å². The number of carboxylic acids is 1. The summed E-state index contributed by atoms with van der Waals surface area (Å²) in [6.45, 7) is 8.02. The summed E-state index contributed by atoms with van der Waals surface area (Å²) in [5.74, 6) is -2.98. The highest BCUT2D eigenvalue weighted by Gasteiger charge is 2.37. The predicted octanol–water partition coefficient (Wildman–Crippen LogP) is 3.04. The summed E-state index contributed by atoms with van der Waals surface area (Å²) in [4.78, 5) is 49.4. The van der Waals surface area contributed by atoms with Crippen LogP contribution < -0.4 is 15.4 Å². The van der Waals surface area contributed by atoms with Gasteiger partial charge < -0.3 is 45.4 Å². The zero-order valence-electron chi connectivity index (χ0n) is 27.9. The lowest BCUT2D eigenvalue weighted by Crippen LogP contribution is -2.50. The Hall–Kier alpha value is -4.04. The van der Waals surface area contributed by atoms with Crippen molar-refractivity contribution in [2.24, 2.45) is 5.92 Å². The molecule has 47 heavy (non-hydrogen) atoms. The van der Waals surface area contributed by atoms with E-state index in [1.807, 2.05) is 32.0 Å². The van der Waals surface area contributed by atoms with E-state index in [2.05, 4.69) is 10.6 Å². The van der Waals surface area contributed by atoms with E-state index in [4.69, 9.17) is 14.6 Å². The maximum atomic E-state index is 12.5. The second kappa shape index (κ2) is 22.5. The quantitative estimate of drug-likeness (QED) is 0.0907. The lowest BCUT2D eigenvalue weighted by Gasteiger charge is -2.30. The normalized spacial score (nSPS) is 13.9. The van der Waals surface area contributed by atoms with Gasteiger partial charge in [0.2, 0.25) is 18.1 Å². The number of carbonyl (C=O) groups excluding carboxylic acids is 3. The van der Waals surface area contributed by atoms with Crippen LogP contribution in [0.2, 0.25) is 0 Å². The molecule has 3 amide bonds. The van der Waals surface area contributed by atoms with E-state index < -0.39 is 36.5 Å². The van der Waals surface area contributed by atoms with Crippen LogP contribution in [0.3, 0.4) is 0 Å².